The standard InChI is InChI=1S/C20H22N4O4S/c1-13(12-21)28-19(27)14-6-5-7-15(10-14)22-17(25)11-16-18(26)23-20(29-16)24-8-3-2-4-9-24/h5-7,10,13,16H,2-4,8-9,11H2,1H3,(H,22,25)/t13-,16+/m1/s1. The molecule has 29 heavy (non-hydrogen) atoms. The van der Waals surface area contributed by atoms with E-state index in [-0.39, 0.29) is 23.8 Å². The zero-order chi connectivity index (χ0) is 20.8. The van der Waals surface area contributed by atoms with Crippen LogP contribution in [0.1, 0.15) is 43.0 Å². The number of esters is 1. The first-order valence-corrected chi connectivity index (χ1v) is 10.4. The van der Waals surface area contributed by atoms with Gasteiger partial charge in [0.1, 0.15) is 11.3 Å². The van der Waals surface area contributed by atoms with Crippen LogP contribution in [-0.2, 0) is 14.3 Å². The molecule has 0 aliphatic carbocycles. The second-order valence-corrected chi connectivity index (χ2v) is 8.07. The lowest BCUT2D eigenvalue weighted by atomic mass is 10.1. The lowest BCUT2D eigenvalue weighted by Crippen LogP contribution is -2.33. The molecule has 0 aromatic heterocycles. The summed E-state index contributed by atoms with van der Waals surface area (Å²) in [5.74, 6) is -1.26. The topological polar surface area (TPSA) is 112 Å². The molecule has 2 amide bonds. The van der Waals surface area contributed by atoms with Crippen LogP contribution < -0.4 is 5.32 Å². The van der Waals surface area contributed by atoms with E-state index in [9.17, 15) is 14.4 Å². The largest absolute Gasteiger partial charge is 0.444 e. The van der Waals surface area contributed by atoms with Crippen LogP contribution in [0, 0.1) is 11.3 Å². The van der Waals surface area contributed by atoms with Crippen LogP contribution in [0.3, 0.4) is 0 Å². The first kappa shape index (κ1) is 20.9. The molecule has 1 aromatic carbocycles. The van der Waals surface area contributed by atoms with E-state index in [0.29, 0.717) is 10.9 Å². The second kappa shape index (κ2) is 9.56. The van der Waals surface area contributed by atoms with E-state index < -0.39 is 17.3 Å². The minimum absolute atomic E-state index is 0.00444. The molecule has 0 spiro atoms. The van der Waals surface area contributed by atoms with Gasteiger partial charge in [0.05, 0.1) is 5.56 Å². The van der Waals surface area contributed by atoms with E-state index in [1.165, 1.54) is 37.2 Å². The van der Waals surface area contributed by atoms with Gasteiger partial charge in [-0.25, -0.2) is 4.79 Å². The van der Waals surface area contributed by atoms with E-state index in [0.717, 1.165) is 25.9 Å². The number of benzene rings is 1. The Bertz CT molecular complexity index is 873. The zero-order valence-electron chi connectivity index (χ0n) is 16.1. The van der Waals surface area contributed by atoms with Crippen molar-refractivity contribution in [2.75, 3.05) is 18.4 Å². The van der Waals surface area contributed by atoms with Crippen LogP contribution in [0.5, 0.6) is 0 Å². The summed E-state index contributed by atoms with van der Waals surface area (Å²) >= 11 is 1.34. The number of nitrogens with one attached hydrogen (secondary N) is 1. The molecule has 1 aromatic rings. The molecular formula is C20H22N4O4S. The van der Waals surface area contributed by atoms with E-state index in [4.69, 9.17) is 10.00 Å². The molecule has 2 heterocycles. The molecule has 2 aliphatic rings. The highest BCUT2D eigenvalue weighted by atomic mass is 32.2. The van der Waals surface area contributed by atoms with Gasteiger partial charge in [-0.05, 0) is 44.4 Å². The number of amidine groups is 1. The van der Waals surface area contributed by atoms with E-state index in [2.05, 4.69) is 15.2 Å². The molecule has 152 valence electrons. The maximum atomic E-state index is 12.4. The molecule has 2 aliphatic heterocycles. The summed E-state index contributed by atoms with van der Waals surface area (Å²) in [5.41, 5.74) is 0.647. The third kappa shape index (κ3) is 5.57. The maximum Gasteiger partial charge on any atom is 0.339 e. The molecular weight excluding hydrogens is 392 g/mol. The summed E-state index contributed by atoms with van der Waals surface area (Å²) < 4.78 is 4.96. The van der Waals surface area contributed by atoms with Crippen molar-refractivity contribution in [3.63, 3.8) is 0 Å². The number of amides is 2. The van der Waals surface area contributed by atoms with Gasteiger partial charge in [0.2, 0.25) is 5.91 Å². The fourth-order valence-electron chi connectivity index (χ4n) is 3.09. The maximum absolute atomic E-state index is 12.4. The highest BCUT2D eigenvalue weighted by molar-refractivity contribution is 8.15. The van der Waals surface area contributed by atoms with Crippen molar-refractivity contribution in [1.29, 1.82) is 5.26 Å². The third-order valence-electron chi connectivity index (χ3n) is 4.57. The van der Waals surface area contributed by atoms with Gasteiger partial charge in [0.25, 0.3) is 5.91 Å². The van der Waals surface area contributed by atoms with E-state index in [1.54, 1.807) is 12.1 Å². The first-order valence-electron chi connectivity index (χ1n) is 9.51. The van der Waals surface area contributed by atoms with Crippen molar-refractivity contribution < 1.29 is 19.1 Å². The van der Waals surface area contributed by atoms with Gasteiger partial charge >= 0.3 is 5.97 Å². The van der Waals surface area contributed by atoms with Crippen LogP contribution in [0.15, 0.2) is 29.3 Å². The lowest BCUT2D eigenvalue weighted by Gasteiger charge is -2.27. The number of thioether (sulfide) groups is 1. The number of nitrogens with zero attached hydrogens (tertiary/aromatic N) is 3. The minimum atomic E-state index is -0.861. The van der Waals surface area contributed by atoms with E-state index in [1.807, 2.05) is 6.07 Å². The molecule has 8 nitrogen and oxygen atoms in total. The molecule has 0 unspecified atom stereocenters. The van der Waals surface area contributed by atoms with Crippen LogP contribution in [0.2, 0.25) is 0 Å². The number of nitriles is 1. The van der Waals surface area contributed by atoms with Gasteiger partial charge in [-0.15, -0.1) is 0 Å². The number of ether oxygens (including phenoxy) is 1. The Morgan fingerprint density at radius 1 is 1.38 bits per heavy atom. The highest BCUT2D eigenvalue weighted by Gasteiger charge is 2.33. The number of piperidine rings is 1. The highest BCUT2D eigenvalue weighted by Crippen LogP contribution is 2.29. The molecule has 0 saturated carbocycles. The van der Waals surface area contributed by atoms with Crippen molar-refractivity contribution >= 4 is 40.4 Å². The summed E-state index contributed by atoms with van der Waals surface area (Å²) in [6, 6.07) is 8.09. The number of aliphatic imine (C=N–C) groups is 1. The summed E-state index contributed by atoms with van der Waals surface area (Å²) in [6.45, 7) is 3.26. The smallest absolute Gasteiger partial charge is 0.339 e. The first-order chi connectivity index (χ1) is 14.0. The Labute approximate surface area is 173 Å². The summed E-state index contributed by atoms with van der Waals surface area (Å²) in [6.07, 6.45) is 2.51. The lowest BCUT2D eigenvalue weighted by molar-refractivity contribution is -0.121. The molecule has 0 bridgehead atoms. The SMILES string of the molecule is C[C@H](C#N)OC(=O)c1cccc(NC(=O)C[C@@H]2SC(N3CCCCC3)=NC2=O)c1. The number of hydrogen-bond acceptors (Lipinski definition) is 7. The van der Waals surface area contributed by atoms with Crippen LogP contribution in [0.4, 0.5) is 5.69 Å². The molecule has 2 atom stereocenters. The summed E-state index contributed by atoms with van der Waals surface area (Å²) in [5, 5.41) is 11.6. The molecule has 9 heteroatoms. The Morgan fingerprint density at radius 3 is 2.86 bits per heavy atom. The van der Waals surface area contributed by atoms with Gasteiger partial charge in [0, 0.05) is 25.2 Å². The fourth-order valence-corrected chi connectivity index (χ4v) is 4.21. The van der Waals surface area contributed by atoms with E-state index >= 15 is 0 Å². The summed E-state index contributed by atoms with van der Waals surface area (Å²) in [4.78, 5) is 42.8. The van der Waals surface area contributed by atoms with Crippen LogP contribution in [-0.4, -0.2) is 52.3 Å². The fraction of sp³-hybridized carbons (Fsp3) is 0.450. The Hall–Kier alpha value is -2.86. The average molecular weight is 414 g/mol. The molecule has 1 N–H and O–H groups in total. The van der Waals surface area contributed by atoms with Crippen molar-refractivity contribution in [3.05, 3.63) is 29.8 Å². The second-order valence-electron chi connectivity index (χ2n) is 6.90. The van der Waals surface area contributed by atoms with Gasteiger partial charge in [0.15, 0.2) is 11.3 Å². The quantitative estimate of drug-likeness (QED) is 0.737. The number of likely N-dealkylation sites (tertiary alicyclic amines) is 1. The Morgan fingerprint density at radius 2 is 2.14 bits per heavy atom. The van der Waals surface area contributed by atoms with Gasteiger partial charge in [-0.2, -0.15) is 10.3 Å². The van der Waals surface area contributed by atoms with Gasteiger partial charge in [-0.3, -0.25) is 9.59 Å². The van der Waals surface area contributed by atoms with Crippen molar-refractivity contribution in [2.45, 2.75) is 44.0 Å². The van der Waals surface area contributed by atoms with Crippen LogP contribution in [0.25, 0.3) is 0 Å². The zero-order valence-corrected chi connectivity index (χ0v) is 16.9. The number of hydrogen-bond donors (Lipinski definition) is 1. The number of rotatable bonds is 5. The van der Waals surface area contributed by atoms with Crippen molar-refractivity contribution in [3.8, 4) is 6.07 Å². The average Bonchev–Trinajstić information content (AvgIpc) is 3.08. The minimum Gasteiger partial charge on any atom is -0.444 e. The predicted molar refractivity (Wildman–Crippen MR) is 109 cm³/mol. The molecule has 0 radical (unpaired) electrons. The third-order valence-corrected chi connectivity index (χ3v) is 5.79. The number of anilines is 1. The molecule has 1 fully saturated rings. The van der Waals surface area contributed by atoms with Gasteiger partial charge in [-0.1, -0.05) is 17.8 Å². The van der Waals surface area contributed by atoms with Gasteiger partial charge < -0.3 is 15.0 Å². The van der Waals surface area contributed by atoms with Crippen molar-refractivity contribution in [2.24, 2.45) is 4.99 Å². The normalized spacial score (nSPS) is 19.9. The number of carbonyl (C=O) groups is 3. The number of carbonyl (C=O) groups excluding carboxylic acids is 3. The molecule has 1 saturated heterocycles. The Balaban J connectivity index is 1.55. The van der Waals surface area contributed by atoms with Crippen LogP contribution >= 0.6 is 11.8 Å². The Kier molecular flexibility index (Phi) is 6.88. The predicted octanol–water partition coefficient (Wildman–Crippen LogP) is 2.57. The molecule has 3 rings (SSSR count). The summed E-state index contributed by atoms with van der Waals surface area (Å²) in [7, 11) is 0. The monoisotopic (exact) mass is 414 g/mol. The van der Waals surface area contributed by atoms with Crippen molar-refractivity contribution in [1.82, 2.24) is 4.90 Å².